The Morgan fingerprint density at radius 2 is 0.667 bits per heavy atom. The van der Waals surface area contributed by atoms with Gasteiger partial charge in [0, 0.05) is 10.8 Å². The normalized spacial score (nSPS) is 14.3. The molecule has 0 aromatic heterocycles. The summed E-state index contributed by atoms with van der Waals surface area (Å²) in [6.07, 6.45) is 0. The molecule has 10 aromatic carbocycles. The van der Waals surface area contributed by atoms with Crippen LogP contribution in [0.15, 0.2) is 194 Å². The third kappa shape index (κ3) is 4.79. The van der Waals surface area contributed by atoms with Crippen LogP contribution < -0.4 is 0 Å². The molecule has 10 aromatic rings. The van der Waals surface area contributed by atoms with Gasteiger partial charge in [0.15, 0.2) is 0 Å². The van der Waals surface area contributed by atoms with Crippen molar-refractivity contribution in [1.29, 1.82) is 0 Å². The van der Waals surface area contributed by atoms with E-state index < -0.39 is 0 Å². The maximum Gasteiger partial charge on any atom is 0.0159 e. The van der Waals surface area contributed by atoms with E-state index in [9.17, 15) is 0 Å². The van der Waals surface area contributed by atoms with Crippen molar-refractivity contribution in [2.24, 2.45) is 0 Å². The van der Waals surface area contributed by atoms with E-state index >= 15 is 0 Å². The summed E-state index contributed by atoms with van der Waals surface area (Å²) in [5.41, 5.74) is 20.9. The van der Waals surface area contributed by atoms with Gasteiger partial charge in [-0.25, -0.2) is 0 Å². The smallest absolute Gasteiger partial charge is 0.0159 e. The Morgan fingerprint density at radius 1 is 0.250 bits per heavy atom. The van der Waals surface area contributed by atoms with Crippen molar-refractivity contribution < 1.29 is 0 Å². The Bertz CT molecular complexity index is 3320. The van der Waals surface area contributed by atoms with E-state index in [2.05, 4.69) is 222 Å². The van der Waals surface area contributed by atoms with Crippen LogP contribution in [-0.2, 0) is 10.8 Å². The first-order chi connectivity index (χ1) is 29.3. The third-order valence-corrected chi connectivity index (χ3v) is 14.1. The number of hydrogen-bond acceptors (Lipinski definition) is 0. The molecule has 0 bridgehead atoms. The SMILES string of the molecule is CC1(C)c2ccccc2-c2c1ccc1c(-c3c4ccccc4c(-c4ccccc4-c4ccc(-c5ccccc5)cc4)c4ccccc34)cc3c(c21)-c1ccccc1C3(C)C. The quantitative estimate of drug-likeness (QED) is 0.157. The minimum atomic E-state index is -0.175. The van der Waals surface area contributed by atoms with Crippen molar-refractivity contribution in [3.63, 3.8) is 0 Å². The van der Waals surface area contributed by atoms with Crippen LogP contribution in [0.2, 0.25) is 0 Å². The topological polar surface area (TPSA) is 0 Å². The summed E-state index contributed by atoms with van der Waals surface area (Å²) in [6, 6.07) is 72.8. The fraction of sp³-hybridized carbons (Fsp3) is 0.100. The standard InChI is InChI=1S/C60H44/c1-59(2)50-28-16-14-26-47(50)56-52(59)35-34-46-49(36-53-57(58(46)56)48-27-15-17-29-51(48)60(53,3)4)55-44-24-12-10-22-42(44)54(43-23-11-13-25-45(43)55)41-21-9-8-20-40(41)39-32-30-38(31-33-39)37-18-6-5-7-19-37/h5-36H,1-4H3. The molecule has 0 heteroatoms. The molecule has 0 unspecified atom stereocenters. The highest BCUT2D eigenvalue weighted by Gasteiger charge is 2.42. The molecule has 0 saturated heterocycles. The zero-order chi connectivity index (χ0) is 40.3. The summed E-state index contributed by atoms with van der Waals surface area (Å²) in [4.78, 5) is 0. The lowest BCUT2D eigenvalue weighted by molar-refractivity contribution is 0.660. The molecule has 0 amide bonds. The first kappa shape index (κ1) is 35.0. The van der Waals surface area contributed by atoms with E-state index in [1.54, 1.807) is 0 Å². The van der Waals surface area contributed by atoms with Crippen molar-refractivity contribution in [3.05, 3.63) is 216 Å². The zero-order valence-electron chi connectivity index (χ0n) is 34.5. The van der Waals surface area contributed by atoms with Crippen LogP contribution >= 0.6 is 0 Å². The summed E-state index contributed by atoms with van der Waals surface area (Å²) < 4.78 is 0. The van der Waals surface area contributed by atoms with E-state index in [0.29, 0.717) is 0 Å². The van der Waals surface area contributed by atoms with Crippen molar-refractivity contribution in [2.75, 3.05) is 0 Å². The third-order valence-electron chi connectivity index (χ3n) is 14.1. The van der Waals surface area contributed by atoms with Crippen molar-refractivity contribution in [3.8, 4) is 66.8 Å². The van der Waals surface area contributed by atoms with Crippen LogP contribution in [0.3, 0.4) is 0 Å². The fourth-order valence-electron chi connectivity index (χ4n) is 11.2. The Hall–Kier alpha value is -7.02. The highest BCUT2D eigenvalue weighted by Crippen LogP contribution is 2.60. The van der Waals surface area contributed by atoms with Gasteiger partial charge in [0.1, 0.15) is 0 Å². The van der Waals surface area contributed by atoms with Crippen LogP contribution in [0.25, 0.3) is 99.1 Å². The Balaban J connectivity index is 1.18. The number of benzene rings is 10. The van der Waals surface area contributed by atoms with E-state index in [1.165, 1.54) is 121 Å². The number of fused-ring (bicyclic) bond motifs is 11. The molecular weight excluding hydrogens is 721 g/mol. The van der Waals surface area contributed by atoms with Gasteiger partial charge in [-0.3, -0.25) is 0 Å². The minimum Gasteiger partial charge on any atom is -0.0622 e. The molecule has 2 aliphatic carbocycles. The summed E-state index contributed by atoms with van der Waals surface area (Å²) in [6.45, 7) is 9.66. The predicted octanol–water partition coefficient (Wildman–Crippen LogP) is 16.4. The average Bonchev–Trinajstić information content (AvgIpc) is 3.67. The molecule has 284 valence electrons. The highest BCUT2D eigenvalue weighted by atomic mass is 14.4. The first-order valence-corrected chi connectivity index (χ1v) is 21.4. The summed E-state index contributed by atoms with van der Waals surface area (Å²) >= 11 is 0. The molecule has 0 saturated carbocycles. The monoisotopic (exact) mass is 764 g/mol. The molecule has 0 spiro atoms. The second-order valence-electron chi connectivity index (χ2n) is 17.9. The summed E-state index contributed by atoms with van der Waals surface area (Å²) in [5, 5.41) is 7.78. The number of rotatable bonds is 4. The molecule has 0 N–H and O–H groups in total. The maximum absolute atomic E-state index is 2.58. The van der Waals surface area contributed by atoms with Gasteiger partial charge < -0.3 is 0 Å². The molecule has 0 heterocycles. The van der Waals surface area contributed by atoms with Crippen molar-refractivity contribution in [2.45, 2.75) is 38.5 Å². The van der Waals surface area contributed by atoms with Gasteiger partial charge in [0.05, 0.1) is 0 Å². The summed E-state index contributed by atoms with van der Waals surface area (Å²) in [7, 11) is 0. The second-order valence-corrected chi connectivity index (χ2v) is 17.9. The maximum atomic E-state index is 2.58. The van der Waals surface area contributed by atoms with E-state index in [4.69, 9.17) is 0 Å². The number of hydrogen-bond donors (Lipinski definition) is 0. The Labute approximate surface area is 352 Å². The molecule has 12 rings (SSSR count). The molecule has 60 heavy (non-hydrogen) atoms. The van der Waals surface area contributed by atoms with Crippen LogP contribution in [0.1, 0.15) is 49.9 Å². The van der Waals surface area contributed by atoms with Gasteiger partial charge in [-0.1, -0.05) is 216 Å². The molecule has 0 fully saturated rings. The first-order valence-electron chi connectivity index (χ1n) is 21.4. The Kier molecular flexibility index (Phi) is 7.42. The van der Waals surface area contributed by atoms with Gasteiger partial charge in [-0.2, -0.15) is 0 Å². The van der Waals surface area contributed by atoms with Gasteiger partial charge in [0.2, 0.25) is 0 Å². The molecule has 0 aliphatic heterocycles. The highest BCUT2D eigenvalue weighted by molar-refractivity contribution is 6.26. The largest absolute Gasteiger partial charge is 0.0622 e. The fourth-order valence-corrected chi connectivity index (χ4v) is 11.2. The average molecular weight is 765 g/mol. The van der Waals surface area contributed by atoms with Gasteiger partial charge in [-0.15, -0.1) is 0 Å². The molecule has 0 nitrogen and oxygen atoms in total. The van der Waals surface area contributed by atoms with Gasteiger partial charge in [-0.05, 0) is 127 Å². The lowest BCUT2D eigenvalue weighted by atomic mass is 9.77. The van der Waals surface area contributed by atoms with Crippen LogP contribution in [-0.4, -0.2) is 0 Å². The van der Waals surface area contributed by atoms with Crippen molar-refractivity contribution >= 4 is 32.3 Å². The minimum absolute atomic E-state index is 0.104. The predicted molar refractivity (Wildman–Crippen MR) is 256 cm³/mol. The second kappa shape index (κ2) is 12.7. The lowest BCUT2D eigenvalue weighted by Gasteiger charge is -2.26. The van der Waals surface area contributed by atoms with Crippen LogP contribution in [0, 0.1) is 0 Å². The van der Waals surface area contributed by atoms with Gasteiger partial charge >= 0.3 is 0 Å². The van der Waals surface area contributed by atoms with Crippen LogP contribution in [0.5, 0.6) is 0 Å². The Morgan fingerprint density at radius 3 is 1.25 bits per heavy atom. The van der Waals surface area contributed by atoms with Gasteiger partial charge in [0.25, 0.3) is 0 Å². The summed E-state index contributed by atoms with van der Waals surface area (Å²) in [5.74, 6) is 0. The van der Waals surface area contributed by atoms with E-state index in [1.807, 2.05) is 0 Å². The zero-order valence-corrected chi connectivity index (χ0v) is 34.5. The molecule has 0 atom stereocenters. The molecule has 0 radical (unpaired) electrons. The van der Waals surface area contributed by atoms with E-state index in [0.717, 1.165) is 0 Å². The molecule has 2 aliphatic rings. The van der Waals surface area contributed by atoms with Crippen molar-refractivity contribution in [1.82, 2.24) is 0 Å². The lowest BCUT2D eigenvalue weighted by Crippen LogP contribution is -2.15. The van der Waals surface area contributed by atoms with E-state index in [-0.39, 0.29) is 10.8 Å². The molecular formula is C60H44. The van der Waals surface area contributed by atoms with Crippen LogP contribution in [0.4, 0.5) is 0 Å².